The van der Waals surface area contributed by atoms with Crippen molar-refractivity contribution in [2.24, 2.45) is 5.92 Å². The van der Waals surface area contributed by atoms with Gasteiger partial charge in [-0.15, -0.1) is 0 Å². The lowest BCUT2D eigenvalue weighted by atomic mass is 9.89. The first-order valence-corrected chi connectivity index (χ1v) is 8.33. The highest BCUT2D eigenvalue weighted by atomic mass is 16.3. The van der Waals surface area contributed by atoms with Crippen LogP contribution >= 0.6 is 0 Å². The van der Waals surface area contributed by atoms with Gasteiger partial charge in [0.1, 0.15) is 5.76 Å². The first-order chi connectivity index (χ1) is 9.81. The molecule has 0 amide bonds. The van der Waals surface area contributed by atoms with Crippen LogP contribution in [0.25, 0.3) is 0 Å². The van der Waals surface area contributed by atoms with Gasteiger partial charge in [0.15, 0.2) is 0 Å². The molecule has 3 nitrogen and oxygen atoms in total. The number of piperidine rings is 1. The smallest absolute Gasteiger partial charge is 0.108 e. The summed E-state index contributed by atoms with van der Waals surface area (Å²) < 4.78 is 5.59. The molecule has 3 atom stereocenters. The molecule has 2 saturated heterocycles. The molecule has 0 radical (unpaired) electrons. The zero-order chi connectivity index (χ0) is 13.5. The van der Waals surface area contributed by atoms with Gasteiger partial charge in [-0.25, -0.2) is 0 Å². The van der Waals surface area contributed by atoms with Gasteiger partial charge in [0.25, 0.3) is 0 Å². The quantitative estimate of drug-likeness (QED) is 0.918. The van der Waals surface area contributed by atoms with Crippen molar-refractivity contribution < 1.29 is 4.42 Å². The van der Waals surface area contributed by atoms with Gasteiger partial charge in [-0.2, -0.15) is 0 Å². The third-order valence-corrected chi connectivity index (χ3v) is 5.90. The number of hydrogen-bond donors (Lipinski definition) is 1. The lowest BCUT2D eigenvalue weighted by Gasteiger charge is -2.37. The van der Waals surface area contributed by atoms with Crippen LogP contribution in [-0.4, -0.2) is 30.6 Å². The molecule has 3 unspecified atom stereocenters. The van der Waals surface area contributed by atoms with Gasteiger partial charge >= 0.3 is 0 Å². The summed E-state index contributed by atoms with van der Waals surface area (Å²) in [6.07, 6.45) is 11.2. The van der Waals surface area contributed by atoms with Crippen molar-refractivity contribution in [1.82, 2.24) is 10.2 Å². The van der Waals surface area contributed by atoms with Crippen LogP contribution in [-0.2, 0) is 6.42 Å². The Labute approximate surface area is 121 Å². The number of rotatable bonds is 3. The average Bonchev–Trinajstić information content (AvgIpc) is 2.99. The fourth-order valence-electron chi connectivity index (χ4n) is 4.70. The summed E-state index contributed by atoms with van der Waals surface area (Å²) in [4.78, 5) is 2.63. The van der Waals surface area contributed by atoms with Crippen LogP contribution in [0.5, 0.6) is 0 Å². The van der Waals surface area contributed by atoms with Crippen molar-refractivity contribution in [2.75, 3.05) is 13.6 Å². The van der Waals surface area contributed by atoms with Crippen molar-refractivity contribution >= 4 is 0 Å². The molecule has 4 rings (SSSR count). The molecule has 1 N–H and O–H groups in total. The summed E-state index contributed by atoms with van der Waals surface area (Å²) in [5.74, 6) is 2.10. The predicted molar refractivity (Wildman–Crippen MR) is 79.7 cm³/mol. The fourth-order valence-corrected chi connectivity index (χ4v) is 4.70. The number of hydrogen-bond acceptors (Lipinski definition) is 3. The molecule has 110 valence electrons. The van der Waals surface area contributed by atoms with E-state index in [9.17, 15) is 0 Å². The highest BCUT2D eigenvalue weighted by Gasteiger charge is 2.38. The van der Waals surface area contributed by atoms with E-state index in [1.54, 1.807) is 0 Å². The zero-order valence-electron chi connectivity index (χ0n) is 12.5. The molecule has 20 heavy (non-hydrogen) atoms. The third-order valence-electron chi connectivity index (χ3n) is 5.90. The summed E-state index contributed by atoms with van der Waals surface area (Å²) in [6.45, 7) is 1.19. The number of aryl methyl sites for hydroxylation is 1. The van der Waals surface area contributed by atoms with Crippen molar-refractivity contribution in [3.8, 4) is 0 Å². The van der Waals surface area contributed by atoms with E-state index in [-0.39, 0.29) is 0 Å². The summed E-state index contributed by atoms with van der Waals surface area (Å²) >= 11 is 0. The van der Waals surface area contributed by atoms with Gasteiger partial charge in [-0.3, -0.25) is 0 Å². The van der Waals surface area contributed by atoms with Crippen molar-refractivity contribution in [3.63, 3.8) is 0 Å². The lowest BCUT2D eigenvalue weighted by molar-refractivity contribution is 0.130. The highest BCUT2D eigenvalue weighted by molar-refractivity contribution is 5.24. The molecular formula is C17H26N2O. The van der Waals surface area contributed by atoms with Crippen LogP contribution in [0.3, 0.4) is 0 Å². The maximum atomic E-state index is 5.59. The van der Waals surface area contributed by atoms with E-state index in [0.29, 0.717) is 6.04 Å². The molecule has 3 aliphatic rings. The highest BCUT2D eigenvalue weighted by Crippen LogP contribution is 2.38. The normalized spacial score (nSPS) is 37.0. The number of nitrogens with zero attached hydrogens (tertiary/aromatic N) is 1. The van der Waals surface area contributed by atoms with E-state index in [1.165, 1.54) is 56.4 Å². The van der Waals surface area contributed by atoms with Crippen LogP contribution in [0.2, 0.25) is 0 Å². The van der Waals surface area contributed by atoms with Gasteiger partial charge in [0.05, 0.1) is 6.26 Å². The van der Waals surface area contributed by atoms with E-state index >= 15 is 0 Å². The molecule has 3 heteroatoms. The van der Waals surface area contributed by atoms with E-state index in [4.69, 9.17) is 4.42 Å². The third kappa shape index (κ3) is 2.21. The lowest BCUT2D eigenvalue weighted by Crippen LogP contribution is -2.43. The SMILES string of the molecule is CN1C2CCC1CC(CNC1CCCc3occc31)C2. The van der Waals surface area contributed by atoms with E-state index in [2.05, 4.69) is 23.3 Å². The van der Waals surface area contributed by atoms with Crippen molar-refractivity contribution in [3.05, 3.63) is 23.7 Å². The Kier molecular flexibility index (Phi) is 3.35. The Morgan fingerprint density at radius 1 is 1.25 bits per heavy atom. The van der Waals surface area contributed by atoms with E-state index in [1.807, 2.05) is 6.26 Å². The van der Waals surface area contributed by atoms with Crippen LogP contribution in [0, 0.1) is 5.92 Å². The molecule has 0 aromatic carbocycles. The standard InChI is InChI=1S/C17H26N2O/c1-19-13-5-6-14(19)10-12(9-13)11-18-16-3-2-4-17-15(16)7-8-20-17/h7-8,12-14,16,18H,2-6,9-11H2,1H3. The first kappa shape index (κ1) is 12.9. The monoisotopic (exact) mass is 274 g/mol. The second-order valence-corrected chi connectivity index (χ2v) is 7.04. The minimum Gasteiger partial charge on any atom is -0.469 e. The molecule has 1 aromatic rings. The molecule has 2 bridgehead atoms. The van der Waals surface area contributed by atoms with Gasteiger partial charge in [0, 0.05) is 30.1 Å². The van der Waals surface area contributed by atoms with Crippen LogP contribution in [0.15, 0.2) is 16.7 Å². The minimum absolute atomic E-state index is 0.537. The Hall–Kier alpha value is -0.800. The maximum absolute atomic E-state index is 5.59. The summed E-state index contributed by atoms with van der Waals surface area (Å²) in [7, 11) is 2.32. The zero-order valence-corrected chi connectivity index (χ0v) is 12.5. The molecule has 1 aliphatic carbocycles. The second kappa shape index (κ2) is 5.19. The molecular weight excluding hydrogens is 248 g/mol. The van der Waals surface area contributed by atoms with Gasteiger partial charge in [-0.05, 0) is 64.1 Å². The summed E-state index contributed by atoms with van der Waals surface area (Å²) in [5, 5.41) is 3.84. The van der Waals surface area contributed by atoms with E-state index in [0.717, 1.165) is 24.4 Å². The topological polar surface area (TPSA) is 28.4 Å². The molecule has 3 heterocycles. The van der Waals surface area contributed by atoms with Crippen molar-refractivity contribution in [2.45, 2.75) is 63.1 Å². The Bertz CT molecular complexity index is 455. The number of nitrogens with one attached hydrogen (secondary N) is 1. The fraction of sp³-hybridized carbons (Fsp3) is 0.765. The Balaban J connectivity index is 1.36. The second-order valence-electron chi connectivity index (χ2n) is 7.04. The van der Waals surface area contributed by atoms with Gasteiger partial charge < -0.3 is 14.6 Å². The van der Waals surface area contributed by atoms with E-state index < -0.39 is 0 Å². The molecule has 1 aromatic heterocycles. The summed E-state index contributed by atoms with van der Waals surface area (Å²) in [5.41, 5.74) is 1.42. The number of fused-ring (bicyclic) bond motifs is 3. The first-order valence-electron chi connectivity index (χ1n) is 8.33. The average molecular weight is 274 g/mol. The molecule has 2 fully saturated rings. The van der Waals surface area contributed by atoms with Crippen LogP contribution in [0.1, 0.15) is 55.9 Å². The van der Waals surface area contributed by atoms with Crippen molar-refractivity contribution in [1.29, 1.82) is 0 Å². The Morgan fingerprint density at radius 2 is 2.05 bits per heavy atom. The van der Waals surface area contributed by atoms with Crippen LogP contribution < -0.4 is 5.32 Å². The summed E-state index contributed by atoms with van der Waals surface area (Å²) in [6, 6.07) is 4.42. The van der Waals surface area contributed by atoms with Gasteiger partial charge in [0.2, 0.25) is 0 Å². The van der Waals surface area contributed by atoms with Gasteiger partial charge in [-0.1, -0.05) is 0 Å². The Morgan fingerprint density at radius 3 is 2.85 bits per heavy atom. The predicted octanol–water partition coefficient (Wildman–Crippen LogP) is 3.12. The van der Waals surface area contributed by atoms with Crippen LogP contribution in [0.4, 0.5) is 0 Å². The minimum atomic E-state index is 0.537. The maximum Gasteiger partial charge on any atom is 0.108 e. The molecule has 0 saturated carbocycles. The number of furan rings is 1. The largest absolute Gasteiger partial charge is 0.469 e. The molecule has 2 aliphatic heterocycles. The molecule has 0 spiro atoms.